The Kier molecular flexibility index (Phi) is 3.34. The second-order valence-corrected chi connectivity index (χ2v) is 3.54. The van der Waals surface area contributed by atoms with Crippen LogP contribution in [0.15, 0.2) is 42.5 Å². The SMILES string of the molecule is O=C(O)C[C@H]1C=C[C@@H](c2ccccc2)OO1. The number of carbonyl (C=O) groups is 1. The van der Waals surface area contributed by atoms with E-state index in [1.54, 1.807) is 6.08 Å². The molecule has 0 bridgehead atoms. The van der Waals surface area contributed by atoms with Crippen LogP contribution in [0, 0.1) is 0 Å². The summed E-state index contributed by atoms with van der Waals surface area (Å²) in [5, 5.41) is 8.58. The van der Waals surface area contributed by atoms with E-state index in [1.807, 2.05) is 36.4 Å². The van der Waals surface area contributed by atoms with Crippen molar-refractivity contribution in [3.05, 3.63) is 48.0 Å². The lowest BCUT2D eigenvalue weighted by molar-refractivity contribution is -0.342. The molecule has 1 aromatic carbocycles. The highest BCUT2D eigenvalue weighted by molar-refractivity contribution is 5.67. The Balaban J connectivity index is 2.00. The molecule has 4 nitrogen and oxygen atoms in total. The van der Waals surface area contributed by atoms with Gasteiger partial charge in [-0.15, -0.1) is 0 Å². The predicted octanol–water partition coefficient (Wildman–Crippen LogP) is 2.09. The van der Waals surface area contributed by atoms with Gasteiger partial charge in [0.2, 0.25) is 0 Å². The van der Waals surface area contributed by atoms with Gasteiger partial charge in [-0.3, -0.25) is 4.79 Å². The first-order chi connectivity index (χ1) is 7.75. The summed E-state index contributed by atoms with van der Waals surface area (Å²) in [6, 6.07) is 9.60. The predicted molar refractivity (Wildman–Crippen MR) is 56.5 cm³/mol. The zero-order chi connectivity index (χ0) is 11.4. The van der Waals surface area contributed by atoms with Crippen molar-refractivity contribution in [3.63, 3.8) is 0 Å². The van der Waals surface area contributed by atoms with Crippen molar-refractivity contribution >= 4 is 5.97 Å². The molecule has 1 heterocycles. The molecule has 4 heteroatoms. The Morgan fingerprint density at radius 3 is 2.50 bits per heavy atom. The zero-order valence-electron chi connectivity index (χ0n) is 8.58. The van der Waals surface area contributed by atoms with Crippen molar-refractivity contribution in [2.75, 3.05) is 0 Å². The van der Waals surface area contributed by atoms with Gasteiger partial charge in [0.25, 0.3) is 0 Å². The van der Waals surface area contributed by atoms with Gasteiger partial charge in [0.1, 0.15) is 12.2 Å². The van der Waals surface area contributed by atoms with Crippen molar-refractivity contribution < 1.29 is 19.7 Å². The van der Waals surface area contributed by atoms with Crippen molar-refractivity contribution in [2.24, 2.45) is 0 Å². The monoisotopic (exact) mass is 220 g/mol. The quantitative estimate of drug-likeness (QED) is 0.626. The number of aliphatic carboxylic acids is 1. The van der Waals surface area contributed by atoms with Crippen LogP contribution in [0.2, 0.25) is 0 Å². The smallest absolute Gasteiger partial charge is 0.306 e. The second-order valence-electron chi connectivity index (χ2n) is 3.54. The molecule has 1 aliphatic heterocycles. The molecule has 2 atom stereocenters. The van der Waals surface area contributed by atoms with Gasteiger partial charge in [0.15, 0.2) is 0 Å². The highest BCUT2D eigenvalue weighted by Gasteiger charge is 2.20. The van der Waals surface area contributed by atoms with Crippen molar-refractivity contribution in [1.82, 2.24) is 0 Å². The lowest BCUT2D eigenvalue weighted by Gasteiger charge is -2.21. The molecule has 0 aromatic heterocycles. The Bertz CT molecular complexity index is 385. The number of hydrogen-bond donors (Lipinski definition) is 1. The van der Waals surface area contributed by atoms with Crippen LogP contribution in [0.25, 0.3) is 0 Å². The van der Waals surface area contributed by atoms with E-state index in [4.69, 9.17) is 14.9 Å². The average molecular weight is 220 g/mol. The van der Waals surface area contributed by atoms with Gasteiger partial charge in [-0.2, -0.15) is 0 Å². The Labute approximate surface area is 93.0 Å². The molecule has 1 aliphatic rings. The van der Waals surface area contributed by atoms with E-state index in [9.17, 15) is 4.79 Å². The van der Waals surface area contributed by atoms with Crippen molar-refractivity contribution in [1.29, 1.82) is 0 Å². The molecule has 84 valence electrons. The van der Waals surface area contributed by atoms with Gasteiger partial charge in [0.05, 0.1) is 6.42 Å². The van der Waals surface area contributed by atoms with Gasteiger partial charge in [0, 0.05) is 0 Å². The number of rotatable bonds is 3. The number of benzene rings is 1. The third-order valence-corrected chi connectivity index (χ3v) is 2.29. The summed E-state index contributed by atoms with van der Waals surface area (Å²) in [6.45, 7) is 0. The number of hydrogen-bond acceptors (Lipinski definition) is 3. The van der Waals surface area contributed by atoms with Crippen LogP contribution in [0.5, 0.6) is 0 Å². The minimum absolute atomic E-state index is 0.0853. The highest BCUT2D eigenvalue weighted by atomic mass is 17.2. The lowest BCUT2D eigenvalue weighted by atomic mass is 10.1. The minimum atomic E-state index is -0.906. The minimum Gasteiger partial charge on any atom is -0.481 e. The van der Waals surface area contributed by atoms with Gasteiger partial charge in [-0.05, 0) is 11.6 Å². The maximum absolute atomic E-state index is 10.4. The summed E-state index contributed by atoms with van der Waals surface area (Å²) in [6.07, 6.45) is 2.68. The molecule has 0 unspecified atom stereocenters. The third kappa shape index (κ3) is 2.68. The summed E-state index contributed by atoms with van der Waals surface area (Å²) >= 11 is 0. The molecule has 1 N–H and O–H groups in total. The molecule has 0 radical (unpaired) electrons. The average Bonchev–Trinajstić information content (AvgIpc) is 2.30. The topological polar surface area (TPSA) is 55.8 Å². The van der Waals surface area contributed by atoms with Gasteiger partial charge in [-0.1, -0.05) is 36.4 Å². The van der Waals surface area contributed by atoms with E-state index >= 15 is 0 Å². The van der Waals surface area contributed by atoms with E-state index in [2.05, 4.69) is 0 Å². The van der Waals surface area contributed by atoms with E-state index in [0.29, 0.717) is 0 Å². The van der Waals surface area contributed by atoms with Crippen molar-refractivity contribution in [2.45, 2.75) is 18.6 Å². The fourth-order valence-electron chi connectivity index (χ4n) is 1.50. The number of carboxylic acids is 1. The zero-order valence-corrected chi connectivity index (χ0v) is 8.58. The molecule has 0 saturated heterocycles. The van der Waals surface area contributed by atoms with Crippen LogP contribution in [-0.4, -0.2) is 17.2 Å². The van der Waals surface area contributed by atoms with Gasteiger partial charge in [-0.25, -0.2) is 9.78 Å². The first-order valence-corrected chi connectivity index (χ1v) is 5.03. The van der Waals surface area contributed by atoms with Crippen LogP contribution < -0.4 is 0 Å². The Hall–Kier alpha value is -1.65. The van der Waals surface area contributed by atoms with Crippen LogP contribution in [0.1, 0.15) is 18.1 Å². The first-order valence-electron chi connectivity index (χ1n) is 5.03. The fourth-order valence-corrected chi connectivity index (χ4v) is 1.50. The summed E-state index contributed by atoms with van der Waals surface area (Å²) < 4.78 is 0. The Morgan fingerprint density at radius 2 is 1.94 bits per heavy atom. The van der Waals surface area contributed by atoms with E-state index in [-0.39, 0.29) is 12.5 Å². The summed E-state index contributed by atoms with van der Waals surface area (Å²) in [5.74, 6) is -0.906. The van der Waals surface area contributed by atoms with E-state index < -0.39 is 12.1 Å². The van der Waals surface area contributed by atoms with Gasteiger partial charge >= 0.3 is 5.97 Å². The second kappa shape index (κ2) is 4.92. The van der Waals surface area contributed by atoms with E-state index in [1.165, 1.54) is 0 Å². The molecular weight excluding hydrogens is 208 g/mol. The Morgan fingerprint density at radius 1 is 1.19 bits per heavy atom. The number of carboxylic acid groups (broad SMARTS) is 1. The molecule has 0 aliphatic carbocycles. The van der Waals surface area contributed by atoms with Crippen LogP contribution >= 0.6 is 0 Å². The molecule has 0 saturated carbocycles. The highest BCUT2D eigenvalue weighted by Crippen LogP contribution is 2.24. The van der Waals surface area contributed by atoms with Crippen LogP contribution in [0.3, 0.4) is 0 Å². The molecular formula is C12H12O4. The van der Waals surface area contributed by atoms with E-state index in [0.717, 1.165) is 5.56 Å². The lowest BCUT2D eigenvalue weighted by Crippen LogP contribution is -2.20. The summed E-state index contributed by atoms with van der Waals surface area (Å²) in [5.41, 5.74) is 0.979. The summed E-state index contributed by atoms with van der Waals surface area (Å²) in [7, 11) is 0. The van der Waals surface area contributed by atoms with Crippen LogP contribution in [0.4, 0.5) is 0 Å². The molecule has 0 fully saturated rings. The van der Waals surface area contributed by atoms with Gasteiger partial charge < -0.3 is 5.11 Å². The summed E-state index contributed by atoms with van der Waals surface area (Å²) in [4.78, 5) is 20.6. The molecule has 0 spiro atoms. The fraction of sp³-hybridized carbons (Fsp3) is 0.250. The molecule has 0 amide bonds. The third-order valence-electron chi connectivity index (χ3n) is 2.29. The first kappa shape index (κ1) is 10.9. The maximum atomic E-state index is 10.4. The standard InChI is InChI=1S/C12H12O4/c13-12(14)8-10-6-7-11(16-15-10)9-4-2-1-3-5-9/h1-7,10-11H,8H2,(H,13,14)/t10-,11+/m1/s1. The van der Waals surface area contributed by atoms with Crippen LogP contribution in [-0.2, 0) is 14.6 Å². The van der Waals surface area contributed by atoms with Crippen molar-refractivity contribution in [3.8, 4) is 0 Å². The largest absolute Gasteiger partial charge is 0.481 e. The molecule has 1 aromatic rings. The maximum Gasteiger partial charge on any atom is 0.306 e. The molecule has 16 heavy (non-hydrogen) atoms. The molecule has 2 rings (SSSR count). The normalized spacial score (nSPS) is 24.2.